The van der Waals surface area contributed by atoms with Gasteiger partial charge >= 0.3 is 11.9 Å². The Bertz CT molecular complexity index is 973. The minimum absolute atomic E-state index is 0.0724. The van der Waals surface area contributed by atoms with Crippen molar-refractivity contribution in [2.24, 2.45) is 5.16 Å². The van der Waals surface area contributed by atoms with Crippen LogP contribution in [0.2, 0.25) is 0 Å². The first-order chi connectivity index (χ1) is 14.2. The van der Waals surface area contributed by atoms with E-state index >= 15 is 0 Å². The predicted molar refractivity (Wildman–Crippen MR) is 106 cm³/mol. The third-order valence-electron chi connectivity index (χ3n) is 4.19. The van der Waals surface area contributed by atoms with E-state index in [-0.39, 0.29) is 22.2 Å². The van der Waals surface area contributed by atoms with Gasteiger partial charge in [-0.25, -0.2) is 14.6 Å². The highest BCUT2D eigenvalue weighted by Gasteiger charge is 2.54. The van der Waals surface area contributed by atoms with Crippen molar-refractivity contribution in [3.05, 3.63) is 22.3 Å². The second kappa shape index (κ2) is 8.71. The number of nitrogen functional groups attached to an aromatic ring is 1. The number of carbonyl (C=O) groups is 4. The number of hydrogen-bond donors (Lipinski definition) is 3. The summed E-state index contributed by atoms with van der Waals surface area (Å²) < 4.78 is 4.43. The van der Waals surface area contributed by atoms with Crippen molar-refractivity contribution < 1.29 is 33.9 Å². The highest BCUT2D eigenvalue weighted by molar-refractivity contribution is 8.00. The van der Waals surface area contributed by atoms with E-state index in [0.717, 1.165) is 16.2 Å². The number of nitrogens with two attached hydrogens (primary N) is 1. The summed E-state index contributed by atoms with van der Waals surface area (Å²) in [6.45, 7) is 1.11. The van der Waals surface area contributed by atoms with Gasteiger partial charge in [0.25, 0.3) is 11.8 Å². The number of oxime groups is 1. The van der Waals surface area contributed by atoms with E-state index in [2.05, 4.69) is 20.2 Å². The summed E-state index contributed by atoms with van der Waals surface area (Å²) >= 11 is 2.40. The molecule has 160 valence electrons. The second-order valence-corrected chi connectivity index (χ2v) is 8.15. The first-order valence-electron chi connectivity index (χ1n) is 8.41. The number of esters is 1. The maximum absolute atomic E-state index is 12.8. The molecule has 14 heteroatoms. The van der Waals surface area contributed by atoms with Crippen molar-refractivity contribution in [3.8, 4) is 0 Å². The molecule has 1 saturated heterocycles. The molecule has 0 radical (unpaired) electrons. The number of thioether (sulfide) groups is 1. The molecule has 2 aliphatic heterocycles. The summed E-state index contributed by atoms with van der Waals surface area (Å²) in [6.07, 6.45) is 0. The van der Waals surface area contributed by atoms with Gasteiger partial charge in [0.05, 0.1) is 7.11 Å². The number of nitrogens with one attached hydrogen (secondary N) is 1. The number of fused-ring (bicyclic) bond motifs is 1. The van der Waals surface area contributed by atoms with Gasteiger partial charge in [-0.3, -0.25) is 14.5 Å². The van der Waals surface area contributed by atoms with E-state index in [9.17, 15) is 24.3 Å². The summed E-state index contributed by atoms with van der Waals surface area (Å²) in [5.74, 6) is -2.83. The largest absolute Gasteiger partial charge is 0.477 e. The quantitative estimate of drug-likeness (QED) is 0.208. The zero-order valence-electron chi connectivity index (χ0n) is 15.8. The fourth-order valence-corrected chi connectivity index (χ4v) is 4.63. The SMILES string of the molecule is COC(=O)CO/N=C(\C(=O)N[C@@H]1C(=O)N2C(C(=O)O)=C(C)CS[C@H]12)c1csc(N)n1. The molecule has 1 aromatic heterocycles. The van der Waals surface area contributed by atoms with Crippen molar-refractivity contribution in [2.75, 3.05) is 25.2 Å². The van der Waals surface area contributed by atoms with E-state index < -0.39 is 41.8 Å². The molecule has 1 fully saturated rings. The number of anilines is 1. The Morgan fingerprint density at radius 2 is 2.20 bits per heavy atom. The number of thiazole rings is 1. The van der Waals surface area contributed by atoms with Crippen molar-refractivity contribution in [2.45, 2.75) is 18.3 Å². The predicted octanol–water partition coefficient (Wildman–Crippen LogP) is -0.622. The molecule has 0 aliphatic carbocycles. The number of nitrogens with zero attached hydrogens (tertiary/aromatic N) is 3. The van der Waals surface area contributed by atoms with Crippen LogP contribution >= 0.6 is 23.1 Å². The van der Waals surface area contributed by atoms with Crippen LogP contribution in [0.4, 0.5) is 5.13 Å². The lowest BCUT2D eigenvalue weighted by molar-refractivity contribution is -0.150. The van der Waals surface area contributed by atoms with E-state index in [1.54, 1.807) is 6.92 Å². The molecule has 2 aliphatic rings. The standard InChI is InChI=1S/C16H17N5O7S2/c1-6-4-29-14-10(13(24)21(14)11(6)15(25)26)19-12(23)9(7-5-30-16(17)18-7)20-28-3-8(22)27-2/h5,10,14H,3-4H2,1-2H3,(H2,17,18)(H,19,23)(H,25,26)/b20-9-/t10-,14-/m1/s1. The lowest BCUT2D eigenvalue weighted by atomic mass is 10.0. The minimum atomic E-state index is -1.20. The van der Waals surface area contributed by atoms with Crippen molar-refractivity contribution in [1.29, 1.82) is 0 Å². The first kappa shape index (κ1) is 21.6. The molecule has 1 aromatic rings. The summed E-state index contributed by atoms with van der Waals surface area (Å²) in [5.41, 5.74) is 5.91. The van der Waals surface area contributed by atoms with Gasteiger partial charge in [0.1, 0.15) is 22.8 Å². The smallest absolute Gasteiger partial charge is 0.352 e. The topological polar surface area (TPSA) is 174 Å². The van der Waals surface area contributed by atoms with Crippen LogP contribution in [0, 0.1) is 0 Å². The number of aliphatic carboxylic acids is 1. The summed E-state index contributed by atoms with van der Waals surface area (Å²) in [6, 6.07) is -0.952. The van der Waals surface area contributed by atoms with Crippen molar-refractivity contribution in [3.63, 3.8) is 0 Å². The van der Waals surface area contributed by atoms with Gasteiger partial charge in [-0.05, 0) is 12.5 Å². The lowest BCUT2D eigenvalue weighted by Gasteiger charge is -2.49. The van der Waals surface area contributed by atoms with E-state index in [4.69, 9.17) is 10.6 Å². The Balaban J connectivity index is 1.77. The average molecular weight is 455 g/mol. The fourth-order valence-electron chi connectivity index (χ4n) is 2.79. The molecular weight excluding hydrogens is 438 g/mol. The number of β-lactam (4-membered cyclic amide) rings is 1. The Labute approximate surface area is 178 Å². The second-order valence-electron chi connectivity index (χ2n) is 6.16. The molecule has 3 heterocycles. The molecule has 3 rings (SSSR count). The number of aromatic nitrogens is 1. The van der Waals surface area contributed by atoms with Gasteiger partial charge in [-0.1, -0.05) is 5.16 Å². The molecule has 2 amide bonds. The molecule has 0 saturated carbocycles. The maximum Gasteiger partial charge on any atom is 0.352 e. The van der Waals surface area contributed by atoms with Crippen LogP contribution in [0.1, 0.15) is 12.6 Å². The first-order valence-corrected chi connectivity index (χ1v) is 10.3. The van der Waals surface area contributed by atoms with E-state index in [0.29, 0.717) is 11.3 Å². The summed E-state index contributed by atoms with van der Waals surface area (Å²) in [7, 11) is 1.17. The van der Waals surface area contributed by atoms with Crippen LogP contribution in [0.3, 0.4) is 0 Å². The molecule has 4 N–H and O–H groups in total. The molecule has 0 spiro atoms. The molecule has 0 aromatic carbocycles. The number of ether oxygens (including phenoxy) is 1. The van der Waals surface area contributed by atoms with E-state index in [1.807, 2.05) is 0 Å². The van der Waals surface area contributed by atoms with Crippen LogP contribution < -0.4 is 11.1 Å². The minimum Gasteiger partial charge on any atom is -0.477 e. The van der Waals surface area contributed by atoms with Gasteiger partial charge < -0.3 is 25.7 Å². The summed E-state index contributed by atoms with van der Waals surface area (Å²) in [4.78, 5) is 58.0. The number of hydrogen-bond acceptors (Lipinski definition) is 11. The number of amides is 2. The van der Waals surface area contributed by atoms with Crippen molar-refractivity contribution >= 4 is 57.7 Å². The molecule has 2 atom stereocenters. The third kappa shape index (κ3) is 4.09. The van der Waals surface area contributed by atoms with Gasteiger partial charge in [-0.15, -0.1) is 23.1 Å². The molecule has 0 unspecified atom stereocenters. The van der Waals surface area contributed by atoms with Gasteiger partial charge in [0.2, 0.25) is 6.61 Å². The highest BCUT2D eigenvalue weighted by atomic mass is 32.2. The van der Waals surface area contributed by atoms with Crippen LogP contribution in [0.15, 0.2) is 21.8 Å². The number of methoxy groups -OCH3 is 1. The van der Waals surface area contributed by atoms with Gasteiger partial charge in [0, 0.05) is 11.1 Å². The molecular formula is C16H17N5O7S2. The lowest BCUT2D eigenvalue weighted by Crippen LogP contribution is -2.71. The Morgan fingerprint density at radius 1 is 1.47 bits per heavy atom. The Hall–Kier alpha value is -3.13. The van der Waals surface area contributed by atoms with Crippen LogP contribution in [0.5, 0.6) is 0 Å². The maximum atomic E-state index is 12.8. The van der Waals surface area contributed by atoms with Gasteiger partial charge in [0.15, 0.2) is 10.8 Å². The zero-order valence-corrected chi connectivity index (χ0v) is 17.4. The molecule has 0 bridgehead atoms. The number of carboxylic acids is 1. The van der Waals surface area contributed by atoms with Crippen LogP contribution in [0.25, 0.3) is 0 Å². The van der Waals surface area contributed by atoms with E-state index in [1.165, 1.54) is 24.3 Å². The zero-order chi connectivity index (χ0) is 22.0. The number of carbonyl (C=O) groups excluding carboxylic acids is 3. The average Bonchev–Trinajstić information content (AvgIpc) is 3.14. The highest BCUT2D eigenvalue weighted by Crippen LogP contribution is 2.40. The third-order valence-corrected chi connectivity index (χ3v) is 6.29. The monoisotopic (exact) mass is 455 g/mol. The van der Waals surface area contributed by atoms with Crippen LogP contribution in [-0.2, 0) is 28.8 Å². The van der Waals surface area contributed by atoms with Crippen LogP contribution in [-0.4, -0.2) is 75.3 Å². The number of carboxylic acid groups (broad SMARTS) is 1. The Morgan fingerprint density at radius 3 is 2.80 bits per heavy atom. The van der Waals surface area contributed by atoms with Gasteiger partial charge in [-0.2, -0.15) is 0 Å². The molecule has 30 heavy (non-hydrogen) atoms. The Kier molecular flexibility index (Phi) is 6.26. The number of rotatable bonds is 7. The fraction of sp³-hybridized carbons (Fsp3) is 0.375. The summed E-state index contributed by atoms with van der Waals surface area (Å²) in [5, 5.41) is 16.6. The normalized spacial score (nSPS) is 20.9. The van der Waals surface area contributed by atoms with Crippen molar-refractivity contribution in [1.82, 2.24) is 15.2 Å². The molecule has 12 nitrogen and oxygen atoms in total.